The van der Waals surface area contributed by atoms with Gasteiger partial charge in [-0.15, -0.1) is 0 Å². The van der Waals surface area contributed by atoms with E-state index >= 15 is 0 Å². The Balaban J connectivity index is 1.70. The largest absolute Gasteiger partial charge is 0.506 e. The van der Waals surface area contributed by atoms with Crippen LogP contribution in [0.1, 0.15) is 5.56 Å². The third kappa shape index (κ3) is 3.72. The molecule has 1 aromatic heterocycles. The van der Waals surface area contributed by atoms with Crippen molar-refractivity contribution in [3.05, 3.63) is 60.2 Å². The van der Waals surface area contributed by atoms with Crippen LogP contribution in [0.15, 0.2) is 54.6 Å². The van der Waals surface area contributed by atoms with Gasteiger partial charge in [-0.25, -0.2) is 4.98 Å². The molecule has 3 aromatic rings. The van der Waals surface area contributed by atoms with Crippen LogP contribution < -0.4 is 11.1 Å². The van der Waals surface area contributed by atoms with Crippen LogP contribution in [-0.2, 0) is 4.79 Å². The summed E-state index contributed by atoms with van der Waals surface area (Å²) in [5, 5.41) is 13.0. The van der Waals surface area contributed by atoms with E-state index in [9.17, 15) is 9.90 Å². The molecule has 1 heterocycles. The van der Waals surface area contributed by atoms with Gasteiger partial charge in [0.25, 0.3) is 0 Å². The predicted molar refractivity (Wildman–Crippen MR) is 96.8 cm³/mol. The number of para-hydroxylation sites is 1. The van der Waals surface area contributed by atoms with Crippen molar-refractivity contribution in [1.29, 1.82) is 0 Å². The molecule has 0 aliphatic carbocycles. The zero-order valence-electron chi connectivity index (χ0n) is 12.5. The van der Waals surface area contributed by atoms with Gasteiger partial charge < -0.3 is 16.2 Å². The standard InChI is InChI=1S/C18H13N3O2S/c19-18-21-17-14(22)10-12(11-15(17)24-18)6-4-5-9-16(23)20-13-7-2-1-3-8-13/h1-3,5,7-11,22H,(H2,19,21)(H,20,23)/b9-5-. The van der Waals surface area contributed by atoms with E-state index in [0.717, 1.165) is 10.4 Å². The van der Waals surface area contributed by atoms with E-state index < -0.39 is 0 Å². The molecule has 0 saturated carbocycles. The number of phenolic OH excluding ortho intramolecular Hbond substituents is 1. The van der Waals surface area contributed by atoms with E-state index in [2.05, 4.69) is 22.1 Å². The third-order valence-electron chi connectivity index (χ3n) is 3.07. The molecule has 6 heteroatoms. The number of hydrogen-bond donors (Lipinski definition) is 3. The first-order valence-electron chi connectivity index (χ1n) is 7.05. The molecule has 5 nitrogen and oxygen atoms in total. The number of aromatic nitrogens is 1. The minimum Gasteiger partial charge on any atom is -0.506 e. The Hall–Kier alpha value is -3.30. The third-order valence-corrected chi connectivity index (χ3v) is 3.90. The minimum absolute atomic E-state index is 0.0375. The predicted octanol–water partition coefficient (Wildman–Crippen LogP) is 3.13. The van der Waals surface area contributed by atoms with Crippen LogP contribution in [-0.4, -0.2) is 16.0 Å². The number of carbonyl (C=O) groups is 1. The van der Waals surface area contributed by atoms with Gasteiger partial charge in [-0.2, -0.15) is 0 Å². The highest BCUT2D eigenvalue weighted by Crippen LogP contribution is 2.31. The number of nitrogens with zero attached hydrogens (tertiary/aromatic N) is 1. The molecule has 0 bridgehead atoms. The Morgan fingerprint density at radius 1 is 1.29 bits per heavy atom. The van der Waals surface area contributed by atoms with Crippen LogP contribution >= 0.6 is 11.3 Å². The van der Waals surface area contributed by atoms with Crippen molar-refractivity contribution in [2.75, 3.05) is 11.1 Å². The topological polar surface area (TPSA) is 88.2 Å². The molecule has 0 radical (unpaired) electrons. The zero-order valence-corrected chi connectivity index (χ0v) is 13.3. The highest BCUT2D eigenvalue weighted by molar-refractivity contribution is 7.22. The van der Waals surface area contributed by atoms with E-state index in [1.165, 1.54) is 29.6 Å². The monoisotopic (exact) mass is 335 g/mol. The van der Waals surface area contributed by atoms with Crippen LogP contribution in [0.4, 0.5) is 10.8 Å². The van der Waals surface area contributed by atoms with Crippen LogP contribution in [0.3, 0.4) is 0 Å². The lowest BCUT2D eigenvalue weighted by Gasteiger charge is -1.99. The molecule has 0 aliphatic heterocycles. The summed E-state index contributed by atoms with van der Waals surface area (Å²) in [6.07, 6.45) is 2.81. The first-order chi connectivity index (χ1) is 11.6. The number of thiazole rings is 1. The summed E-state index contributed by atoms with van der Waals surface area (Å²) in [5.74, 6) is 5.41. The lowest BCUT2D eigenvalue weighted by Crippen LogP contribution is -2.07. The van der Waals surface area contributed by atoms with Crippen molar-refractivity contribution in [1.82, 2.24) is 4.98 Å². The molecule has 0 atom stereocenters. The lowest BCUT2D eigenvalue weighted by molar-refractivity contribution is -0.111. The Morgan fingerprint density at radius 3 is 2.88 bits per heavy atom. The lowest BCUT2D eigenvalue weighted by atomic mass is 10.2. The number of nitrogens with two attached hydrogens (primary N) is 1. The Kier molecular flexibility index (Phi) is 4.45. The van der Waals surface area contributed by atoms with E-state index in [1.807, 2.05) is 18.2 Å². The van der Waals surface area contributed by atoms with Crippen LogP contribution in [0.5, 0.6) is 5.75 Å². The van der Waals surface area contributed by atoms with Gasteiger partial charge in [0.05, 0.1) is 4.70 Å². The maximum Gasteiger partial charge on any atom is 0.249 e. The number of nitrogens with one attached hydrogen (secondary N) is 1. The normalized spacial score (nSPS) is 10.5. The number of fused-ring (bicyclic) bond motifs is 1. The van der Waals surface area contributed by atoms with Gasteiger partial charge in [0.2, 0.25) is 5.91 Å². The van der Waals surface area contributed by atoms with Crippen LogP contribution in [0.2, 0.25) is 0 Å². The number of nitrogen functional groups attached to an aromatic ring is 1. The zero-order chi connectivity index (χ0) is 16.9. The second kappa shape index (κ2) is 6.86. The van der Waals surface area contributed by atoms with E-state index in [1.54, 1.807) is 18.2 Å². The fourth-order valence-corrected chi connectivity index (χ4v) is 2.84. The Bertz CT molecular complexity index is 982. The maximum absolute atomic E-state index is 11.7. The Morgan fingerprint density at radius 2 is 2.08 bits per heavy atom. The minimum atomic E-state index is -0.260. The number of benzene rings is 2. The van der Waals surface area contributed by atoms with Crippen molar-refractivity contribution in [2.45, 2.75) is 0 Å². The number of anilines is 2. The molecule has 0 fully saturated rings. The fraction of sp³-hybridized carbons (Fsp3) is 0. The van der Waals surface area contributed by atoms with Gasteiger partial charge in [-0.1, -0.05) is 41.4 Å². The van der Waals surface area contributed by atoms with Crippen molar-refractivity contribution in [2.24, 2.45) is 0 Å². The summed E-state index contributed by atoms with van der Waals surface area (Å²) in [7, 11) is 0. The van der Waals surface area contributed by atoms with Gasteiger partial charge in [0, 0.05) is 17.3 Å². The summed E-state index contributed by atoms with van der Waals surface area (Å²) < 4.78 is 0.766. The highest BCUT2D eigenvalue weighted by Gasteiger charge is 2.07. The summed E-state index contributed by atoms with van der Waals surface area (Å²) in [4.78, 5) is 15.8. The quantitative estimate of drug-likeness (QED) is 0.496. The number of rotatable bonds is 2. The fourth-order valence-electron chi connectivity index (χ4n) is 2.05. The molecule has 0 unspecified atom stereocenters. The number of phenols is 1. The molecule has 24 heavy (non-hydrogen) atoms. The van der Waals surface area contributed by atoms with Gasteiger partial charge >= 0.3 is 0 Å². The van der Waals surface area contributed by atoms with Crippen LogP contribution in [0.25, 0.3) is 10.2 Å². The molecule has 3 rings (SSSR count). The molecule has 118 valence electrons. The van der Waals surface area contributed by atoms with E-state index in [4.69, 9.17) is 5.73 Å². The van der Waals surface area contributed by atoms with Crippen LogP contribution in [0, 0.1) is 11.8 Å². The second-order valence-corrected chi connectivity index (χ2v) is 5.91. The van der Waals surface area contributed by atoms with E-state index in [-0.39, 0.29) is 11.7 Å². The van der Waals surface area contributed by atoms with Crippen molar-refractivity contribution in [3.8, 4) is 17.6 Å². The molecule has 0 aliphatic rings. The summed E-state index contributed by atoms with van der Waals surface area (Å²) in [6.45, 7) is 0. The van der Waals surface area contributed by atoms with Gasteiger partial charge in [0.15, 0.2) is 5.13 Å². The second-order valence-electron chi connectivity index (χ2n) is 4.85. The van der Waals surface area contributed by atoms with Gasteiger partial charge in [-0.3, -0.25) is 4.79 Å². The summed E-state index contributed by atoms with van der Waals surface area (Å²) in [5.41, 5.74) is 7.45. The summed E-state index contributed by atoms with van der Waals surface area (Å²) in [6, 6.07) is 12.5. The molecule has 4 N–H and O–H groups in total. The van der Waals surface area contributed by atoms with Gasteiger partial charge in [0.1, 0.15) is 11.3 Å². The number of carbonyl (C=O) groups excluding carboxylic acids is 1. The molecular formula is C18H13N3O2S. The number of hydrogen-bond acceptors (Lipinski definition) is 5. The summed E-state index contributed by atoms with van der Waals surface area (Å²) >= 11 is 1.28. The maximum atomic E-state index is 11.7. The number of allylic oxidation sites excluding steroid dienone is 1. The Labute approximate surface area is 142 Å². The first kappa shape index (κ1) is 15.6. The van der Waals surface area contributed by atoms with Crippen molar-refractivity contribution >= 4 is 38.3 Å². The highest BCUT2D eigenvalue weighted by atomic mass is 32.1. The SMILES string of the molecule is Nc1nc2c(O)cc(C#C/C=C\C(=O)Nc3ccccc3)cc2s1. The average molecular weight is 335 g/mol. The van der Waals surface area contributed by atoms with E-state index in [0.29, 0.717) is 16.2 Å². The van der Waals surface area contributed by atoms with Crippen molar-refractivity contribution in [3.63, 3.8) is 0 Å². The smallest absolute Gasteiger partial charge is 0.249 e. The molecule has 1 amide bonds. The molecule has 2 aromatic carbocycles. The first-order valence-corrected chi connectivity index (χ1v) is 7.86. The molecular weight excluding hydrogens is 322 g/mol. The van der Waals surface area contributed by atoms with Gasteiger partial charge in [-0.05, 0) is 30.3 Å². The van der Waals surface area contributed by atoms with Crippen molar-refractivity contribution < 1.29 is 9.90 Å². The molecule has 0 saturated heterocycles. The number of amides is 1. The average Bonchev–Trinajstić information content (AvgIpc) is 2.93. The number of aromatic hydroxyl groups is 1. The molecule has 0 spiro atoms.